The summed E-state index contributed by atoms with van der Waals surface area (Å²) in [5.41, 5.74) is 3.73. The molecule has 0 aliphatic rings. The van der Waals surface area contributed by atoms with Gasteiger partial charge in [-0.1, -0.05) is 42.1 Å². The Bertz CT molecular complexity index is 804. The third kappa shape index (κ3) is 5.79. The maximum atomic E-state index is 12.3. The van der Waals surface area contributed by atoms with Crippen LogP contribution in [0.25, 0.3) is 0 Å². The van der Waals surface area contributed by atoms with E-state index in [1.807, 2.05) is 57.4 Å². The fraction of sp³-hybridized carbons (Fsp3) is 0.429. The number of aryl methyl sites for hydroxylation is 2. The van der Waals surface area contributed by atoms with Crippen LogP contribution in [0, 0.1) is 13.8 Å². The molecule has 2 rings (SSSR count). The number of rotatable bonds is 8. The summed E-state index contributed by atoms with van der Waals surface area (Å²) in [6.45, 7) is 5.52. The number of hydrogen-bond acceptors (Lipinski definition) is 6. The van der Waals surface area contributed by atoms with E-state index < -0.39 is 5.97 Å². The molecule has 150 valence electrons. The molecule has 0 saturated heterocycles. The summed E-state index contributed by atoms with van der Waals surface area (Å²) in [6.07, 6.45) is 2.61. The molecule has 0 bridgehead atoms. The molecular formula is C21H27N3O3S. The van der Waals surface area contributed by atoms with Gasteiger partial charge in [0.15, 0.2) is 11.8 Å². The van der Waals surface area contributed by atoms with Crippen LogP contribution in [-0.2, 0) is 20.7 Å². The smallest absolute Gasteiger partial charge is 0.306 e. The molecule has 0 aliphatic carbocycles. The van der Waals surface area contributed by atoms with Crippen LogP contribution in [0.4, 0.5) is 0 Å². The average Bonchev–Trinajstić information content (AvgIpc) is 2.70. The lowest BCUT2D eigenvalue weighted by Crippen LogP contribution is -2.33. The number of likely N-dealkylation sites (N-methyl/N-ethyl adjacent to an activating group) is 1. The lowest BCUT2D eigenvalue weighted by Gasteiger charge is -2.25. The highest BCUT2D eigenvalue weighted by Crippen LogP contribution is 2.19. The molecule has 0 aliphatic heterocycles. The molecule has 0 unspecified atom stereocenters. The van der Waals surface area contributed by atoms with Crippen molar-refractivity contribution in [1.29, 1.82) is 0 Å². The molecule has 0 saturated carbocycles. The van der Waals surface area contributed by atoms with Crippen LogP contribution in [0.3, 0.4) is 0 Å². The van der Waals surface area contributed by atoms with Crippen LogP contribution in [0.15, 0.2) is 35.5 Å². The first-order chi connectivity index (χ1) is 13.3. The molecule has 0 fully saturated rings. The lowest BCUT2D eigenvalue weighted by molar-refractivity contribution is -0.152. The van der Waals surface area contributed by atoms with Crippen molar-refractivity contribution in [1.82, 2.24) is 14.9 Å². The number of ether oxygens (including phenoxy) is 1. The van der Waals surface area contributed by atoms with Gasteiger partial charge < -0.3 is 9.64 Å². The molecule has 1 heterocycles. The van der Waals surface area contributed by atoms with Gasteiger partial charge in [-0.25, -0.2) is 9.97 Å². The Labute approximate surface area is 170 Å². The Hall–Kier alpha value is -2.41. The minimum absolute atomic E-state index is 0.0928. The Morgan fingerprint density at radius 2 is 1.75 bits per heavy atom. The van der Waals surface area contributed by atoms with Gasteiger partial charge in [-0.05, 0) is 44.6 Å². The number of hydrogen-bond donors (Lipinski definition) is 0. The molecule has 0 radical (unpaired) electrons. The maximum Gasteiger partial charge on any atom is 0.306 e. The van der Waals surface area contributed by atoms with Crippen LogP contribution in [0.5, 0.6) is 0 Å². The fourth-order valence-electron chi connectivity index (χ4n) is 2.88. The summed E-state index contributed by atoms with van der Waals surface area (Å²) in [5, 5.41) is 0.725. The van der Waals surface area contributed by atoms with Crippen molar-refractivity contribution in [3.63, 3.8) is 0 Å². The van der Waals surface area contributed by atoms with Crippen LogP contribution in [0.1, 0.15) is 41.9 Å². The first-order valence-corrected chi connectivity index (χ1v) is 10.4. The predicted octanol–water partition coefficient (Wildman–Crippen LogP) is 3.51. The van der Waals surface area contributed by atoms with Crippen molar-refractivity contribution in [3.8, 4) is 0 Å². The number of carbonyl (C=O) groups is 2. The summed E-state index contributed by atoms with van der Waals surface area (Å²) in [4.78, 5) is 34.9. The van der Waals surface area contributed by atoms with Gasteiger partial charge in [0.2, 0.25) is 0 Å². The van der Waals surface area contributed by atoms with E-state index in [9.17, 15) is 9.59 Å². The van der Waals surface area contributed by atoms with Gasteiger partial charge in [-0.15, -0.1) is 0 Å². The molecule has 1 atom stereocenters. The van der Waals surface area contributed by atoms with Crippen LogP contribution in [0.2, 0.25) is 0 Å². The molecular weight excluding hydrogens is 374 g/mol. The second-order valence-electron chi connectivity index (χ2n) is 6.61. The second kappa shape index (κ2) is 10.2. The zero-order valence-corrected chi connectivity index (χ0v) is 17.9. The average molecular weight is 402 g/mol. The number of thioether (sulfide) groups is 1. The molecule has 6 nitrogen and oxygen atoms in total. The zero-order chi connectivity index (χ0) is 20.7. The molecule has 28 heavy (non-hydrogen) atoms. The SMILES string of the molecule is CSc1nc(C)c(CCC(=O)OCC(=O)N(C)[C@@H](C)c2ccccc2)c(C)n1. The van der Waals surface area contributed by atoms with E-state index in [0.29, 0.717) is 6.42 Å². The van der Waals surface area contributed by atoms with Gasteiger partial charge in [-0.3, -0.25) is 9.59 Å². The third-order valence-corrected chi connectivity index (χ3v) is 5.32. The van der Waals surface area contributed by atoms with Gasteiger partial charge in [0.25, 0.3) is 5.91 Å². The van der Waals surface area contributed by atoms with E-state index in [0.717, 1.165) is 27.7 Å². The van der Waals surface area contributed by atoms with E-state index in [2.05, 4.69) is 9.97 Å². The standard InChI is InChI=1S/C21H27N3O3S/c1-14-18(15(2)23-21(22-14)28-5)11-12-20(26)27-13-19(25)24(4)16(3)17-9-7-6-8-10-17/h6-10,16H,11-13H2,1-5H3/t16-/m0/s1. The van der Waals surface area contributed by atoms with Crippen LogP contribution >= 0.6 is 11.8 Å². The number of amides is 1. The third-order valence-electron chi connectivity index (χ3n) is 4.77. The monoisotopic (exact) mass is 401 g/mol. The van der Waals surface area contributed by atoms with Crippen molar-refractivity contribution in [2.45, 2.75) is 44.8 Å². The van der Waals surface area contributed by atoms with Gasteiger partial charge in [0.1, 0.15) is 0 Å². The minimum atomic E-state index is -0.401. The topological polar surface area (TPSA) is 72.4 Å². The molecule has 0 N–H and O–H groups in total. The normalized spacial score (nSPS) is 11.8. The highest BCUT2D eigenvalue weighted by Gasteiger charge is 2.19. The van der Waals surface area contributed by atoms with Crippen molar-refractivity contribution >= 4 is 23.6 Å². The summed E-state index contributed by atoms with van der Waals surface area (Å²) in [7, 11) is 1.71. The zero-order valence-electron chi connectivity index (χ0n) is 17.1. The largest absolute Gasteiger partial charge is 0.456 e. The maximum absolute atomic E-state index is 12.3. The number of aromatic nitrogens is 2. The summed E-state index contributed by atoms with van der Waals surface area (Å²) in [5.74, 6) is -0.633. The molecule has 0 spiro atoms. The summed E-state index contributed by atoms with van der Waals surface area (Å²) >= 11 is 1.49. The second-order valence-corrected chi connectivity index (χ2v) is 7.39. The van der Waals surface area contributed by atoms with E-state index in [4.69, 9.17) is 4.74 Å². The molecule has 7 heteroatoms. The first kappa shape index (κ1) is 21.9. The van der Waals surface area contributed by atoms with E-state index in [-0.39, 0.29) is 25.0 Å². The molecule has 1 aromatic heterocycles. The highest BCUT2D eigenvalue weighted by molar-refractivity contribution is 7.98. The minimum Gasteiger partial charge on any atom is -0.456 e. The number of esters is 1. The van der Waals surface area contributed by atoms with Gasteiger partial charge in [0, 0.05) is 24.9 Å². The predicted molar refractivity (Wildman–Crippen MR) is 110 cm³/mol. The Morgan fingerprint density at radius 1 is 1.14 bits per heavy atom. The number of carbonyl (C=O) groups excluding carboxylic acids is 2. The number of nitrogens with zero attached hydrogens (tertiary/aromatic N) is 3. The van der Waals surface area contributed by atoms with Crippen molar-refractivity contribution in [3.05, 3.63) is 52.8 Å². The quantitative estimate of drug-likeness (QED) is 0.383. The van der Waals surface area contributed by atoms with Crippen LogP contribution in [-0.4, -0.2) is 46.7 Å². The fourth-order valence-corrected chi connectivity index (χ4v) is 3.33. The molecule has 1 amide bonds. The molecule has 2 aromatic rings. The Morgan fingerprint density at radius 3 is 2.32 bits per heavy atom. The van der Waals surface area contributed by atoms with Crippen molar-refractivity contribution in [2.24, 2.45) is 0 Å². The Kier molecular flexibility index (Phi) is 7.99. The summed E-state index contributed by atoms with van der Waals surface area (Å²) in [6, 6.07) is 9.64. The lowest BCUT2D eigenvalue weighted by atomic mass is 10.1. The Balaban J connectivity index is 1.84. The van der Waals surface area contributed by atoms with Gasteiger partial charge in [-0.2, -0.15) is 0 Å². The van der Waals surface area contributed by atoms with E-state index in [1.54, 1.807) is 11.9 Å². The van der Waals surface area contributed by atoms with Gasteiger partial charge in [0.05, 0.1) is 6.04 Å². The van der Waals surface area contributed by atoms with Crippen molar-refractivity contribution in [2.75, 3.05) is 19.9 Å². The van der Waals surface area contributed by atoms with E-state index >= 15 is 0 Å². The van der Waals surface area contributed by atoms with E-state index in [1.165, 1.54) is 11.8 Å². The van der Waals surface area contributed by atoms with Gasteiger partial charge >= 0.3 is 5.97 Å². The van der Waals surface area contributed by atoms with Crippen molar-refractivity contribution < 1.29 is 14.3 Å². The highest BCUT2D eigenvalue weighted by atomic mass is 32.2. The van der Waals surface area contributed by atoms with Crippen LogP contribution < -0.4 is 0 Å². The first-order valence-electron chi connectivity index (χ1n) is 9.17. The molecule has 1 aromatic carbocycles. The number of benzene rings is 1. The summed E-state index contributed by atoms with van der Waals surface area (Å²) < 4.78 is 5.18.